The summed E-state index contributed by atoms with van der Waals surface area (Å²) in [5.41, 5.74) is 2.10. The van der Waals surface area contributed by atoms with E-state index in [-0.39, 0.29) is 35.4 Å². The molecule has 6 heteroatoms. The van der Waals surface area contributed by atoms with Gasteiger partial charge >= 0.3 is 0 Å². The summed E-state index contributed by atoms with van der Waals surface area (Å²) >= 11 is 5.95. The number of rotatable bonds is 6. The van der Waals surface area contributed by atoms with Crippen LogP contribution >= 0.6 is 11.6 Å². The normalized spacial score (nSPS) is 10.4. The van der Waals surface area contributed by atoms with Gasteiger partial charge in [-0.25, -0.2) is 4.39 Å². The molecule has 3 aromatic carbocycles. The van der Waals surface area contributed by atoms with Crippen LogP contribution in [0.2, 0.25) is 5.02 Å². The maximum atomic E-state index is 13.8. The van der Waals surface area contributed by atoms with Gasteiger partial charge in [0.25, 0.3) is 5.91 Å². The first-order valence-electron chi connectivity index (χ1n) is 8.68. The van der Waals surface area contributed by atoms with Crippen molar-refractivity contribution < 1.29 is 14.0 Å². The quantitative estimate of drug-likeness (QED) is 0.640. The van der Waals surface area contributed by atoms with Crippen LogP contribution in [0.25, 0.3) is 0 Å². The Morgan fingerprint density at radius 1 is 0.929 bits per heavy atom. The summed E-state index contributed by atoms with van der Waals surface area (Å²) in [7, 11) is 0. The summed E-state index contributed by atoms with van der Waals surface area (Å²) < 4.78 is 13.8. The zero-order chi connectivity index (χ0) is 19.9. The smallest absolute Gasteiger partial charge is 0.255 e. The van der Waals surface area contributed by atoms with Crippen molar-refractivity contribution in [3.63, 3.8) is 0 Å². The number of hydrogen-bond acceptors (Lipinski definition) is 2. The number of hydrogen-bond donors (Lipinski definition) is 2. The molecule has 0 aliphatic carbocycles. The topological polar surface area (TPSA) is 58.2 Å². The molecular formula is C22H18ClFN2O2. The van der Waals surface area contributed by atoms with Gasteiger partial charge in [-0.3, -0.25) is 9.59 Å². The Morgan fingerprint density at radius 3 is 2.43 bits per heavy atom. The Labute approximate surface area is 167 Å². The van der Waals surface area contributed by atoms with Crippen molar-refractivity contribution in [3.8, 4) is 0 Å². The minimum Gasteiger partial charge on any atom is -0.352 e. The average Bonchev–Trinajstić information content (AvgIpc) is 2.70. The zero-order valence-corrected chi connectivity index (χ0v) is 15.7. The van der Waals surface area contributed by atoms with Gasteiger partial charge in [-0.1, -0.05) is 48.0 Å². The minimum absolute atomic E-state index is 0.153. The number of benzene rings is 3. The molecule has 28 heavy (non-hydrogen) atoms. The third kappa shape index (κ3) is 5.18. The molecule has 2 N–H and O–H groups in total. The highest BCUT2D eigenvalue weighted by Gasteiger charge is 2.12. The van der Waals surface area contributed by atoms with Gasteiger partial charge in [0.05, 0.1) is 6.42 Å². The fourth-order valence-electron chi connectivity index (χ4n) is 2.67. The molecule has 0 unspecified atom stereocenters. The molecule has 4 nitrogen and oxygen atoms in total. The van der Waals surface area contributed by atoms with Crippen molar-refractivity contribution in [2.75, 3.05) is 5.32 Å². The van der Waals surface area contributed by atoms with E-state index < -0.39 is 5.82 Å². The van der Waals surface area contributed by atoms with Crippen molar-refractivity contribution in [1.82, 2.24) is 5.32 Å². The van der Waals surface area contributed by atoms with Crippen LogP contribution in [0.5, 0.6) is 0 Å². The number of para-hydroxylation sites is 1. The average molecular weight is 397 g/mol. The molecular weight excluding hydrogens is 379 g/mol. The van der Waals surface area contributed by atoms with Gasteiger partial charge in [0, 0.05) is 28.4 Å². The minimum atomic E-state index is -0.512. The highest BCUT2D eigenvalue weighted by Crippen LogP contribution is 2.19. The molecule has 0 spiro atoms. The molecule has 0 bridgehead atoms. The predicted molar refractivity (Wildman–Crippen MR) is 108 cm³/mol. The first-order chi connectivity index (χ1) is 13.5. The predicted octanol–water partition coefficient (Wildman–Crippen LogP) is 4.59. The van der Waals surface area contributed by atoms with Gasteiger partial charge in [0.15, 0.2) is 0 Å². The third-order valence-electron chi connectivity index (χ3n) is 4.11. The molecule has 142 valence electrons. The number of carbonyl (C=O) groups is 2. The Balaban J connectivity index is 1.60. The molecule has 0 heterocycles. The first kappa shape index (κ1) is 19.6. The van der Waals surface area contributed by atoms with Crippen LogP contribution in [0, 0.1) is 5.82 Å². The largest absolute Gasteiger partial charge is 0.352 e. The molecule has 3 aromatic rings. The van der Waals surface area contributed by atoms with Crippen molar-refractivity contribution >= 4 is 29.1 Å². The van der Waals surface area contributed by atoms with E-state index in [1.165, 1.54) is 12.1 Å². The van der Waals surface area contributed by atoms with E-state index in [2.05, 4.69) is 10.6 Å². The van der Waals surface area contributed by atoms with Crippen LogP contribution in [-0.2, 0) is 17.8 Å². The summed E-state index contributed by atoms with van der Waals surface area (Å²) in [4.78, 5) is 24.5. The maximum Gasteiger partial charge on any atom is 0.255 e. The van der Waals surface area contributed by atoms with Gasteiger partial charge in [-0.15, -0.1) is 0 Å². The second-order valence-electron chi connectivity index (χ2n) is 6.17. The summed E-state index contributed by atoms with van der Waals surface area (Å²) in [5, 5.41) is 5.75. The van der Waals surface area contributed by atoms with Crippen LogP contribution < -0.4 is 10.6 Å². The van der Waals surface area contributed by atoms with E-state index in [4.69, 9.17) is 11.6 Å². The van der Waals surface area contributed by atoms with Crippen molar-refractivity contribution in [2.24, 2.45) is 0 Å². The lowest BCUT2D eigenvalue weighted by Gasteiger charge is -2.09. The van der Waals surface area contributed by atoms with Gasteiger partial charge in [0.2, 0.25) is 5.91 Å². The summed E-state index contributed by atoms with van der Waals surface area (Å²) in [5.74, 6) is -1.11. The molecule has 3 rings (SSSR count). The van der Waals surface area contributed by atoms with Crippen LogP contribution in [-0.4, -0.2) is 11.8 Å². The number of amides is 2. The number of halogens is 2. The Morgan fingerprint density at radius 2 is 1.68 bits per heavy atom. The molecule has 0 atom stereocenters. The monoisotopic (exact) mass is 396 g/mol. The second kappa shape index (κ2) is 9.15. The van der Waals surface area contributed by atoms with E-state index in [0.717, 1.165) is 5.56 Å². The fraction of sp³-hybridized carbons (Fsp3) is 0.0909. The third-order valence-corrected chi connectivity index (χ3v) is 4.46. The van der Waals surface area contributed by atoms with Crippen molar-refractivity contribution in [3.05, 3.63) is 100 Å². The van der Waals surface area contributed by atoms with Crippen molar-refractivity contribution in [1.29, 1.82) is 0 Å². The summed E-state index contributed by atoms with van der Waals surface area (Å²) in [6, 6.07) is 20.4. The molecule has 0 radical (unpaired) electrons. The van der Waals surface area contributed by atoms with Crippen LogP contribution in [0.3, 0.4) is 0 Å². The van der Waals surface area contributed by atoms with Crippen molar-refractivity contribution in [2.45, 2.75) is 13.0 Å². The van der Waals surface area contributed by atoms with E-state index in [0.29, 0.717) is 11.3 Å². The Hall–Kier alpha value is -3.18. The summed E-state index contributed by atoms with van der Waals surface area (Å²) in [6.45, 7) is 0.220. The number of nitrogens with one attached hydrogen (secondary N) is 2. The lowest BCUT2D eigenvalue weighted by molar-refractivity contribution is -0.120. The van der Waals surface area contributed by atoms with E-state index in [9.17, 15) is 14.0 Å². The molecule has 0 fully saturated rings. The number of anilines is 1. The van der Waals surface area contributed by atoms with E-state index in [1.807, 2.05) is 18.2 Å². The maximum absolute atomic E-state index is 13.8. The Bertz CT molecular complexity index is 973. The van der Waals surface area contributed by atoms with E-state index in [1.54, 1.807) is 42.5 Å². The standard InChI is InChI=1S/C22H18ClFN2O2/c23-19-10-5-11-20(24)18(19)13-21(27)25-14-15-6-4-7-16(12-15)22(28)26-17-8-2-1-3-9-17/h1-12H,13-14H2,(H,25,27)(H,26,28). The van der Waals surface area contributed by atoms with Gasteiger partial charge in [0.1, 0.15) is 5.82 Å². The first-order valence-corrected chi connectivity index (χ1v) is 9.05. The Kier molecular flexibility index (Phi) is 6.40. The molecule has 0 saturated carbocycles. The SMILES string of the molecule is O=C(Cc1c(F)cccc1Cl)NCc1cccc(C(=O)Nc2ccccc2)c1. The molecule has 2 amide bonds. The van der Waals surface area contributed by atoms with Crippen LogP contribution in [0.1, 0.15) is 21.5 Å². The van der Waals surface area contributed by atoms with Crippen LogP contribution in [0.4, 0.5) is 10.1 Å². The molecule has 0 aromatic heterocycles. The highest BCUT2D eigenvalue weighted by molar-refractivity contribution is 6.31. The van der Waals surface area contributed by atoms with Gasteiger partial charge in [-0.2, -0.15) is 0 Å². The van der Waals surface area contributed by atoms with E-state index >= 15 is 0 Å². The molecule has 0 saturated heterocycles. The zero-order valence-electron chi connectivity index (χ0n) is 14.9. The lowest BCUT2D eigenvalue weighted by Crippen LogP contribution is -2.25. The number of carbonyl (C=O) groups excluding carboxylic acids is 2. The lowest BCUT2D eigenvalue weighted by atomic mass is 10.1. The molecule has 0 aliphatic rings. The fourth-order valence-corrected chi connectivity index (χ4v) is 2.90. The van der Waals surface area contributed by atoms with Gasteiger partial charge in [-0.05, 0) is 42.0 Å². The molecule has 0 aliphatic heterocycles. The van der Waals surface area contributed by atoms with Crippen LogP contribution in [0.15, 0.2) is 72.8 Å². The highest BCUT2D eigenvalue weighted by atomic mass is 35.5. The summed E-state index contributed by atoms with van der Waals surface area (Å²) in [6.07, 6.45) is -0.153. The van der Waals surface area contributed by atoms with Gasteiger partial charge < -0.3 is 10.6 Å². The second-order valence-corrected chi connectivity index (χ2v) is 6.58.